The Balaban J connectivity index is 0.972. The number of hydrogen-bond acceptors (Lipinski definition) is 22. The Morgan fingerprint density at radius 2 is 1.53 bits per heavy atom. The Morgan fingerprint density at radius 1 is 0.904 bits per heavy atom. The summed E-state index contributed by atoms with van der Waals surface area (Å²) in [6.45, 7) is 3.64. The summed E-state index contributed by atoms with van der Waals surface area (Å²) in [4.78, 5) is 110. The number of aryl methyl sites for hydroxylation is 2. The number of aromatic nitrogens is 4. The number of nitrogen functional groups attached to an aromatic ring is 1. The summed E-state index contributed by atoms with van der Waals surface area (Å²) in [7, 11) is -17.7. The van der Waals surface area contributed by atoms with Crippen LogP contribution in [0.1, 0.15) is 116 Å². The quantitative estimate of drug-likeness (QED) is 0.0378. The van der Waals surface area contributed by atoms with Crippen LogP contribution in [0.15, 0.2) is 36.9 Å². The molecule has 29 heteroatoms. The molecule has 2 fully saturated rings. The number of phosphoric ester groups is 3. The standard InChI is InChI=1S/C44H68N7O19P3/c1-42(2,18-11-9-15-29-14-8-7-13-28(29)12-6-5-10-19-44(20-21-44)41(57)58)31(52)16-22-46-32(53)17-23-47-39(56)36(55)43(3,4)25-67-73(64,65)70-72(62,63)66-24-30-35(69-71(59,60)61)34(54)40(68-30)51-27-50-33-37(45)48-26-49-38(33)51/h7-8,13-14,26-27,30,34-36,40,54-55H,5-6,9-12,15-25H2,1-4H3,(H,46,53)(H,47,56)(H,57,58)(H,62,63)(H,64,65)(H2,45,48,49)(H2,59,60,61)/p-4. The maximum atomic E-state index is 13.1. The van der Waals surface area contributed by atoms with Crippen LogP contribution < -0.4 is 35.9 Å². The fourth-order valence-corrected chi connectivity index (χ4v) is 11.1. The molecule has 7 N–H and O–H groups in total. The number of imidazole rings is 1. The minimum Gasteiger partial charge on any atom is -0.790 e. The molecule has 2 aromatic heterocycles. The van der Waals surface area contributed by atoms with Gasteiger partial charge in [0, 0.05) is 36.8 Å². The molecule has 0 radical (unpaired) electrons. The summed E-state index contributed by atoms with van der Waals surface area (Å²) < 4.78 is 61.0. The van der Waals surface area contributed by atoms with Gasteiger partial charge in [0.15, 0.2) is 17.7 Å². The van der Waals surface area contributed by atoms with Gasteiger partial charge in [-0.15, -0.1) is 0 Å². The lowest BCUT2D eigenvalue weighted by Crippen LogP contribution is -2.46. The van der Waals surface area contributed by atoms with E-state index in [1.165, 1.54) is 25.0 Å². The molecule has 1 aliphatic heterocycles. The zero-order chi connectivity index (χ0) is 54.0. The minimum atomic E-state index is -5.94. The molecule has 7 atom stereocenters. The highest BCUT2D eigenvalue weighted by molar-refractivity contribution is 7.59. The van der Waals surface area contributed by atoms with E-state index in [1.807, 2.05) is 26.0 Å². The van der Waals surface area contributed by atoms with Gasteiger partial charge in [-0.05, 0) is 62.5 Å². The zero-order valence-electron chi connectivity index (χ0n) is 41.0. The van der Waals surface area contributed by atoms with E-state index >= 15 is 0 Å². The molecule has 1 aliphatic carbocycles. The van der Waals surface area contributed by atoms with Crippen molar-refractivity contribution in [2.24, 2.45) is 16.2 Å². The van der Waals surface area contributed by atoms with E-state index in [1.54, 1.807) is 0 Å². The molecule has 1 saturated heterocycles. The van der Waals surface area contributed by atoms with E-state index in [0.717, 1.165) is 81.4 Å². The maximum absolute atomic E-state index is 13.1. The number of fused-ring (bicyclic) bond motifs is 1. The first-order chi connectivity index (χ1) is 34.1. The molecule has 3 heterocycles. The van der Waals surface area contributed by atoms with Crippen molar-refractivity contribution in [1.82, 2.24) is 30.2 Å². The van der Waals surface area contributed by atoms with Gasteiger partial charge in [0.2, 0.25) is 11.8 Å². The Kier molecular flexibility index (Phi) is 20.6. The number of amides is 2. The number of aliphatic hydroxyl groups excluding tert-OH is 2. The van der Waals surface area contributed by atoms with Crippen molar-refractivity contribution in [2.75, 3.05) is 32.0 Å². The number of unbranched alkanes of at least 4 members (excludes halogenated alkanes) is 3. The van der Waals surface area contributed by atoms with Crippen molar-refractivity contribution in [1.29, 1.82) is 0 Å². The predicted molar refractivity (Wildman–Crippen MR) is 250 cm³/mol. The van der Waals surface area contributed by atoms with Gasteiger partial charge in [-0.3, -0.25) is 32.9 Å². The number of carboxylic acids is 1. The molecule has 408 valence electrons. The maximum Gasteiger partial charge on any atom is 0.309 e. The second kappa shape index (κ2) is 25.2. The Labute approximate surface area is 421 Å². The summed E-state index contributed by atoms with van der Waals surface area (Å²) >= 11 is 0. The number of Topliss-reactive ketones (excluding diaryl/α,β-unsaturated/α-hetero) is 1. The Morgan fingerprint density at radius 3 is 2.16 bits per heavy atom. The van der Waals surface area contributed by atoms with Gasteiger partial charge in [-0.2, -0.15) is 0 Å². The molecular formula is C44H64N7O19P3-4. The van der Waals surface area contributed by atoms with E-state index in [0.29, 0.717) is 6.42 Å². The molecule has 73 heavy (non-hydrogen) atoms. The third-order valence-corrected chi connectivity index (χ3v) is 16.0. The van der Waals surface area contributed by atoms with Gasteiger partial charge in [-0.1, -0.05) is 71.2 Å². The number of anilines is 1. The van der Waals surface area contributed by atoms with Gasteiger partial charge in [-0.25, -0.2) is 19.3 Å². The van der Waals surface area contributed by atoms with Crippen LogP contribution in [0.2, 0.25) is 0 Å². The average molecular weight is 1090 g/mol. The fraction of sp³-hybridized carbons (Fsp3) is 0.659. The number of benzene rings is 1. The number of carbonyl (C=O) groups excluding carboxylic acids is 3. The van der Waals surface area contributed by atoms with Gasteiger partial charge in [0.1, 0.15) is 42.0 Å². The van der Waals surface area contributed by atoms with E-state index in [4.69, 9.17) is 10.5 Å². The van der Waals surface area contributed by atoms with Crippen LogP contribution in [0.5, 0.6) is 0 Å². The number of nitrogens with one attached hydrogen (secondary N) is 2. The Hall–Kier alpha value is -4.10. The number of carbonyl (C=O) groups is 4. The molecule has 1 aromatic carbocycles. The van der Waals surface area contributed by atoms with Crippen LogP contribution in [0, 0.1) is 16.2 Å². The van der Waals surface area contributed by atoms with Crippen LogP contribution in [-0.4, -0.2) is 109 Å². The first-order valence-corrected chi connectivity index (χ1v) is 28.1. The average Bonchev–Trinajstić information content (AvgIpc) is 3.89. The summed E-state index contributed by atoms with van der Waals surface area (Å²) in [5.41, 5.74) is 5.50. The number of nitrogens with two attached hydrogens (primary N) is 1. The third kappa shape index (κ3) is 17.5. The molecule has 3 aromatic rings. The molecule has 26 nitrogen and oxygen atoms in total. The van der Waals surface area contributed by atoms with Crippen LogP contribution >= 0.6 is 23.5 Å². The van der Waals surface area contributed by atoms with Crippen molar-refractivity contribution < 1.29 is 90.4 Å². The van der Waals surface area contributed by atoms with Crippen molar-refractivity contribution in [2.45, 2.75) is 142 Å². The monoisotopic (exact) mass is 1090 g/mol. The number of ketones is 1. The second-order valence-corrected chi connectivity index (χ2v) is 23.7. The molecule has 2 aliphatic rings. The van der Waals surface area contributed by atoms with Crippen LogP contribution in [0.25, 0.3) is 11.2 Å². The highest BCUT2D eigenvalue weighted by atomic mass is 31.3. The number of ether oxygens (including phenoxy) is 1. The SMILES string of the molecule is CC(C)(CCCCc1ccccc1CCCCCC1(C(=O)O)CC1)C(=O)CCNC(=O)CCNC(=O)C(O)C(C)(C)COP(=O)([O-])OP(=O)([O-])OCC1OC(n2cnc3c(N)ncnc32)C(O)C1OP(=O)([O-])[O-]. The van der Waals surface area contributed by atoms with E-state index in [2.05, 4.69) is 55.6 Å². The number of rotatable bonds is 32. The van der Waals surface area contributed by atoms with E-state index in [9.17, 15) is 67.8 Å². The largest absolute Gasteiger partial charge is 0.790 e. The lowest BCUT2D eigenvalue weighted by Gasteiger charge is -2.36. The Bertz CT molecular complexity index is 2550. The lowest BCUT2D eigenvalue weighted by atomic mass is 9.81. The van der Waals surface area contributed by atoms with Crippen molar-refractivity contribution >= 4 is 64.0 Å². The molecule has 2 amide bonds. The van der Waals surface area contributed by atoms with Gasteiger partial charge < -0.3 is 74.1 Å². The molecule has 5 rings (SSSR count). The number of nitrogens with zero attached hydrogens (tertiary/aromatic N) is 4. The van der Waals surface area contributed by atoms with E-state index < -0.39 is 101 Å². The van der Waals surface area contributed by atoms with Gasteiger partial charge in [0.05, 0.1) is 32.8 Å². The van der Waals surface area contributed by atoms with E-state index in [-0.39, 0.29) is 48.7 Å². The number of phosphoric acid groups is 3. The fourth-order valence-electron chi connectivity index (χ4n) is 8.32. The third-order valence-electron chi connectivity index (χ3n) is 13.0. The predicted octanol–water partition coefficient (Wildman–Crippen LogP) is 1.24. The first-order valence-electron chi connectivity index (χ1n) is 23.7. The van der Waals surface area contributed by atoms with Crippen LogP contribution in [0.4, 0.5) is 5.82 Å². The summed E-state index contributed by atoms with van der Waals surface area (Å²) in [5, 5.41) is 35.9. The number of hydrogen-bond donors (Lipinski definition) is 6. The smallest absolute Gasteiger partial charge is 0.309 e. The topological polar surface area (TPSA) is 412 Å². The summed E-state index contributed by atoms with van der Waals surface area (Å²) in [6.07, 6.45) is 1.72. The highest BCUT2D eigenvalue weighted by Crippen LogP contribution is 2.57. The summed E-state index contributed by atoms with van der Waals surface area (Å²) in [6, 6.07) is 8.30. The van der Waals surface area contributed by atoms with Crippen molar-refractivity contribution in [3.63, 3.8) is 0 Å². The molecule has 7 unspecified atom stereocenters. The molecule has 0 bridgehead atoms. The molecule has 1 saturated carbocycles. The first kappa shape index (κ1) is 59.8. The van der Waals surface area contributed by atoms with Gasteiger partial charge in [0.25, 0.3) is 15.6 Å². The minimum absolute atomic E-state index is 0.0269. The van der Waals surface area contributed by atoms with Crippen molar-refractivity contribution in [3.05, 3.63) is 48.0 Å². The highest BCUT2D eigenvalue weighted by Gasteiger charge is 2.49. The number of aliphatic hydroxyl groups is 2. The lowest BCUT2D eigenvalue weighted by molar-refractivity contribution is -0.347. The number of aliphatic carboxylic acids is 1. The van der Waals surface area contributed by atoms with Crippen LogP contribution in [-0.2, 0) is 68.3 Å². The number of carboxylic acid groups (broad SMARTS) is 1. The van der Waals surface area contributed by atoms with Crippen LogP contribution in [0.3, 0.4) is 0 Å². The summed E-state index contributed by atoms with van der Waals surface area (Å²) in [5.74, 6) is -2.32. The van der Waals surface area contributed by atoms with Crippen molar-refractivity contribution in [3.8, 4) is 0 Å². The van der Waals surface area contributed by atoms with Gasteiger partial charge >= 0.3 is 5.97 Å². The molecule has 0 spiro atoms. The second-order valence-electron chi connectivity index (χ2n) is 19.7. The zero-order valence-corrected chi connectivity index (χ0v) is 43.6. The normalized spacial score (nSPS) is 21.0. The molecular weight excluding hydrogens is 1020 g/mol.